The zero-order valence-electron chi connectivity index (χ0n) is 19.3. The van der Waals surface area contributed by atoms with Gasteiger partial charge in [-0.3, -0.25) is 4.79 Å². The number of rotatable bonds is 7. The minimum atomic E-state index is -1.07. The molecule has 8 nitrogen and oxygen atoms in total. The van der Waals surface area contributed by atoms with Crippen molar-refractivity contribution in [1.29, 1.82) is 0 Å². The number of piperazine rings is 1. The molecular formula is C23H35N3O5. The fourth-order valence-corrected chi connectivity index (χ4v) is 3.55. The topological polar surface area (TPSA) is 90.4 Å². The van der Waals surface area contributed by atoms with Crippen LogP contribution in [0.5, 0.6) is 0 Å². The molecule has 0 atom stereocenters. The maximum absolute atomic E-state index is 13.1. The molecule has 0 aromatic heterocycles. The molecule has 1 aromatic carbocycles. The highest BCUT2D eigenvalue weighted by Gasteiger charge is 2.27. The molecule has 172 valence electrons. The second kappa shape index (κ2) is 10.5. The Hall–Kier alpha value is -2.77. The molecule has 0 radical (unpaired) electrons. The van der Waals surface area contributed by atoms with Crippen molar-refractivity contribution in [2.45, 2.75) is 53.1 Å². The number of carbonyl (C=O) groups is 3. The Morgan fingerprint density at radius 2 is 1.52 bits per heavy atom. The van der Waals surface area contributed by atoms with Crippen LogP contribution in [-0.4, -0.2) is 77.7 Å². The first-order valence-corrected chi connectivity index (χ1v) is 11.0. The molecule has 0 saturated carbocycles. The summed E-state index contributed by atoms with van der Waals surface area (Å²) >= 11 is 0. The summed E-state index contributed by atoms with van der Waals surface area (Å²) in [6.07, 6.45) is 1.32. The van der Waals surface area contributed by atoms with E-state index in [1.165, 1.54) is 6.07 Å². The first-order valence-electron chi connectivity index (χ1n) is 11.0. The van der Waals surface area contributed by atoms with Gasteiger partial charge in [0, 0.05) is 50.5 Å². The molecule has 8 heteroatoms. The van der Waals surface area contributed by atoms with Gasteiger partial charge < -0.3 is 24.5 Å². The Morgan fingerprint density at radius 1 is 0.968 bits per heavy atom. The van der Waals surface area contributed by atoms with E-state index in [0.717, 1.165) is 12.8 Å². The average Bonchev–Trinajstić information content (AvgIpc) is 2.71. The van der Waals surface area contributed by atoms with Gasteiger partial charge in [0.15, 0.2) is 0 Å². The Morgan fingerprint density at radius 3 is 2.00 bits per heavy atom. The number of anilines is 1. The molecule has 2 amide bonds. The summed E-state index contributed by atoms with van der Waals surface area (Å²) in [4.78, 5) is 42.5. The van der Waals surface area contributed by atoms with Gasteiger partial charge in [-0.1, -0.05) is 13.8 Å². The van der Waals surface area contributed by atoms with E-state index in [0.29, 0.717) is 50.5 Å². The minimum Gasteiger partial charge on any atom is -0.478 e. The smallest absolute Gasteiger partial charge is 0.410 e. The van der Waals surface area contributed by atoms with Crippen LogP contribution in [0.15, 0.2) is 18.2 Å². The number of carbonyl (C=O) groups excluding carboxylic acids is 2. The number of benzene rings is 1. The summed E-state index contributed by atoms with van der Waals surface area (Å²) in [6.45, 7) is 12.8. The van der Waals surface area contributed by atoms with Crippen LogP contribution in [0.3, 0.4) is 0 Å². The van der Waals surface area contributed by atoms with Gasteiger partial charge >= 0.3 is 12.1 Å². The van der Waals surface area contributed by atoms with Gasteiger partial charge in [-0.05, 0) is 51.8 Å². The maximum Gasteiger partial charge on any atom is 0.410 e. The van der Waals surface area contributed by atoms with Crippen molar-refractivity contribution in [3.63, 3.8) is 0 Å². The number of amides is 2. The molecule has 0 aliphatic carbocycles. The normalized spacial score (nSPS) is 14.4. The molecule has 0 spiro atoms. The van der Waals surface area contributed by atoms with E-state index in [-0.39, 0.29) is 17.6 Å². The van der Waals surface area contributed by atoms with Crippen LogP contribution < -0.4 is 4.90 Å². The number of hydrogen-bond acceptors (Lipinski definition) is 5. The van der Waals surface area contributed by atoms with Gasteiger partial charge in [0.2, 0.25) is 0 Å². The van der Waals surface area contributed by atoms with Crippen molar-refractivity contribution < 1.29 is 24.2 Å². The van der Waals surface area contributed by atoms with Crippen molar-refractivity contribution in [3.05, 3.63) is 29.3 Å². The largest absolute Gasteiger partial charge is 0.478 e. The summed E-state index contributed by atoms with van der Waals surface area (Å²) in [5.41, 5.74) is 0.595. The van der Waals surface area contributed by atoms with E-state index in [9.17, 15) is 19.5 Å². The van der Waals surface area contributed by atoms with E-state index >= 15 is 0 Å². The first-order chi connectivity index (χ1) is 14.6. The van der Waals surface area contributed by atoms with Gasteiger partial charge in [-0.2, -0.15) is 0 Å². The molecule has 0 unspecified atom stereocenters. The molecule has 1 aliphatic heterocycles. The third-order valence-electron chi connectivity index (χ3n) is 4.98. The molecular weight excluding hydrogens is 398 g/mol. The lowest BCUT2D eigenvalue weighted by Crippen LogP contribution is -2.50. The molecule has 2 rings (SSSR count). The highest BCUT2D eigenvalue weighted by molar-refractivity contribution is 5.99. The third kappa shape index (κ3) is 6.87. The highest BCUT2D eigenvalue weighted by Crippen LogP contribution is 2.23. The molecule has 1 saturated heterocycles. The van der Waals surface area contributed by atoms with Gasteiger partial charge in [-0.15, -0.1) is 0 Å². The summed E-state index contributed by atoms with van der Waals surface area (Å²) in [5, 5.41) is 9.57. The van der Waals surface area contributed by atoms with Crippen LogP contribution in [0.2, 0.25) is 0 Å². The van der Waals surface area contributed by atoms with Gasteiger partial charge in [-0.25, -0.2) is 9.59 Å². The summed E-state index contributed by atoms with van der Waals surface area (Å²) in [7, 11) is 0. The predicted molar refractivity (Wildman–Crippen MR) is 120 cm³/mol. The molecule has 0 bridgehead atoms. The fraction of sp³-hybridized carbons (Fsp3) is 0.609. The standard InChI is InChI=1S/C23H35N3O5/c1-6-8-25(9-7-2)20(27)17-14-18(21(28)29)16-19(15-17)24-10-12-26(13-11-24)22(30)31-23(3,4)5/h14-16H,6-13H2,1-5H3,(H,28,29). The number of aromatic carboxylic acids is 1. The summed E-state index contributed by atoms with van der Waals surface area (Å²) < 4.78 is 5.43. The van der Waals surface area contributed by atoms with Crippen molar-refractivity contribution in [3.8, 4) is 0 Å². The zero-order valence-corrected chi connectivity index (χ0v) is 19.3. The van der Waals surface area contributed by atoms with Crippen LogP contribution in [0.25, 0.3) is 0 Å². The fourth-order valence-electron chi connectivity index (χ4n) is 3.55. The number of ether oxygens (including phenoxy) is 1. The number of hydrogen-bond donors (Lipinski definition) is 1. The third-order valence-corrected chi connectivity index (χ3v) is 4.98. The Labute approximate surface area is 184 Å². The van der Waals surface area contributed by atoms with E-state index < -0.39 is 11.6 Å². The van der Waals surface area contributed by atoms with Crippen LogP contribution in [-0.2, 0) is 4.74 Å². The predicted octanol–water partition coefficient (Wildman–Crippen LogP) is 3.70. The van der Waals surface area contributed by atoms with Crippen molar-refractivity contribution >= 4 is 23.7 Å². The molecule has 1 fully saturated rings. The van der Waals surface area contributed by atoms with E-state index in [1.54, 1.807) is 21.9 Å². The van der Waals surface area contributed by atoms with Crippen molar-refractivity contribution in [2.24, 2.45) is 0 Å². The average molecular weight is 434 g/mol. The van der Waals surface area contributed by atoms with E-state index in [4.69, 9.17) is 4.74 Å². The van der Waals surface area contributed by atoms with E-state index in [2.05, 4.69) is 0 Å². The Kier molecular flexibility index (Phi) is 8.30. The van der Waals surface area contributed by atoms with Crippen LogP contribution in [0.1, 0.15) is 68.2 Å². The molecule has 1 aliphatic rings. The number of carboxylic acid groups (broad SMARTS) is 1. The minimum absolute atomic E-state index is 0.0865. The Bertz CT molecular complexity index is 789. The van der Waals surface area contributed by atoms with Crippen LogP contribution in [0, 0.1) is 0 Å². The molecule has 1 heterocycles. The number of nitrogens with zero attached hydrogens (tertiary/aromatic N) is 3. The monoisotopic (exact) mass is 433 g/mol. The van der Waals surface area contributed by atoms with E-state index in [1.807, 2.05) is 39.5 Å². The molecule has 31 heavy (non-hydrogen) atoms. The lowest BCUT2D eigenvalue weighted by atomic mass is 10.1. The Balaban J connectivity index is 2.21. The first kappa shape index (κ1) is 24.5. The van der Waals surface area contributed by atoms with Gasteiger partial charge in [0.25, 0.3) is 5.91 Å². The lowest BCUT2D eigenvalue weighted by molar-refractivity contribution is 0.0240. The quantitative estimate of drug-likeness (QED) is 0.705. The SMILES string of the molecule is CCCN(CCC)C(=O)c1cc(C(=O)O)cc(N2CCN(C(=O)OC(C)(C)C)CC2)c1. The van der Waals surface area contributed by atoms with Crippen LogP contribution in [0.4, 0.5) is 10.5 Å². The summed E-state index contributed by atoms with van der Waals surface area (Å²) in [5.74, 6) is -1.22. The van der Waals surface area contributed by atoms with Gasteiger partial charge in [0.1, 0.15) is 5.60 Å². The number of carboxylic acids is 1. The lowest BCUT2D eigenvalue weighted by Gasteiger charge is -2.37. The molecule has 1 N–H and O–H groups in total. The van der Waals surface area contributed by atoms with Crippen molar-refractivity contribution in [1.82, 2.24) is 9.80 Å². The second-order valence-electron chi connectivity index (χ2n) is 8.82. The van der Waals surface area contributed by atoms with Gasteiger partial charge in [0.05, 0.1) is 5.56 Å². The zero-order chi connectivity index (χ0) is 23.2. The highest BCUT2D eigenvalue weighted by atomic mass is 16.6. The summed E-state index contributed by atoms with van der Waals surface area (Å²) in [6, 6.07) is 4.80. The second-order valence-corrected chi connectivity index (χ2v) is 8.82. The van der Waals surface area contributed by atoms with Crippen molar-refractivity contribution in [2.75, 3.05) is 44.2 Å². The maximum atomic E-state index is 13.1. The van der Waals surface area contributed by atoms with Crippen LogP contribution >= 0.6 is 0 Å². The molecule has 1 aromatic rings.